The second kappa shape index (κ2) is 8.60. The van der Waals surface area contributed by atoms with Crippen molar-refractivity contribution < 1.29 is 9.59 Å². The van der Waals surface area contributed by atoms with Crippen LogP contribution < -0.4 is 0 Å². The molecular formula is C22H32N4O2. The number of carbonyl (C=O) groups excluding carboxylic acids is 2. The fourth-order valence-electron chi connectivity index (χ4n) is 4.70. The van der Waals surface area contributed by atoms with E-state index in [1.807, 2.05) is 30.1 Å². The normalized spacial score (nSPS) is 24.2. The maximum atomic E-state index is 13.0. The Morgan fingerprint density at radius 1 is 1.07 bits per heavy atom. The first-order valence-electron chi connectivity index (χ1n) is 10.8. The van der Waals surface area contributed by atoms with E-state index < -0.39 is 0 Å². The maximum Gasteiger partial charge on any atom is 0.227 e. The van der Waals surface area contributed by atoms with Crippen LogP contribution in [-0.4, -0.2) is 70.8 Å². The van der Waals surface area contributed by atoms with Crippen LogP contribution in [0.25, 0.3) is 0 Å². The Kier molecular flexibility index (Phi) is 5.95. The molecule has 2 amide bonds. The molecule has 0 aromatic carbocycles. The third-order valence-corrected chi connectivity index (χ3v) is 6.52. The summed E-state index contributed by atoms with van der Waals surface area (Å²) >= 11 is 0. The molecule has 6 nitrogen and oxygen atoms in total. The highest BCUT2D eigenvalue weighted by atomic mass is 16.2. The van der Waals surface area contributed by atoms with Crippen molar-refractivity contribution in [3.8, 4) is 0 Å². The van der Waals surface area contributed by atoms with Crippen LogP contribution in [0.4, 0.5) is 0 Å². The minimum Gasteiger partial charge on any atom is -0.342 e. The zero-order chi connectivity index (χ0) is 19.5. The molecule has 4 rings (SSSR count). The van der Waals surface area contributed by atoms with Gasteiger partial charge in [-0.15, -0.1) is 0 Å². The van der Waals surface area contributed by atoms with E-state index in [-0.39, 0.29) is 11.8 Å². The highest BCUT2D eigenvalue weighted by Crippen LogP contribution is 2.32. The molecule has 2 aliphatic heterocycles. The Morgan fingerprint density at radius 3 is 2.54 bits per heavy atom. The van der Waals surface area contributed by atoms with E-state index in [1.54, 1.807) is 6.20 Å². The number of nitrogens with zero attached hydrogens (tertiary/aromatic N) is 4. The summed E-state index contributed by atoms with van der Waals surface area (Å²) in [6.07, 6.45) is 8.08. The number of hydrogen-bond donors (Lipinski definition) is 0. The van der Waals surface area contributed by atoms with Crippen molar-refractivity contribution >= 4 is 11.8 Å². The summed E-state index contributed by atoms with van der Waals surface area (Å²) in [7, 11) is 1.89. The van der Waals surface area contributed by atoms with Crippen LogP contribution in [0.2, 0.25) is 0 Å². The van der Waals surface area contributed by atoms with Crippen LogP contribution in [0.1, 0.15) is 44.2 Å². The topological polar surface area (TPSA) is 56.8 Å². The Labute approximate surface area is 167 Å². The number of aromatic nitrogens is 1. The summed E-state index contributed by atoms with van der Waals surface area (Å²) in [4.78, 5) is 36.0. The van der Waals surface area contributed by atoms with Gasteiger partial charge in [-0.25, -0.2) is 0 Å². The number of hydrogen-bond acceptors (Lipinski definition) is 4. The van der Waals surface area contributed by atoms with Crippen molar-refractivity contribution in [2.24, 2.45) is 11.8 Å². The van der Waals surface area contributed by atoms with Crippen LogP contribution in [0.5, 0.6) is 0 Å². The Hall–Kier alpha value is -1.95. The number of piperidine rings is 2. The Balaban J connectivity index is 1.28. The Morgan fingerprint density at radius 2 is 1.86 bits per heavy atom. The molecule has 6 heteroatoms. The van der Waals surface area contributed by atoms with Crippen molar-refractivity contribution in [2.45, 2.75) is 51.1 Å². The van der Waals surface area contributed by atoms with Crippen LogP contribution in [0.3, 0.4) is 0 Å². The smallest absolute Gasteiger partial charge is 0.227 e. The molecule has 0 spiro atoms. The van der Waals surface area contributed by atoms with E-state index in [4.69, 9.17) is 0 Å². The Bertz CT molecular complexity index is 683. The van der Waals surface area contributed by atoms with E-state index in [0.717, 1.165) is 70.4 Å². The van der Waals surface area contributed by atoms with Gasteiger partial charge in [0, 0.05) is 44.8 Å². The molecule has 2 saturated heterocycles. The van der Waals surface area contributed by atoms with Gasteiger partial charge in [-0.05, 0) is 57.2 Å². The van der Waals surface area contributed by atoms with Crippen molar-refractivity contribution in [1.82, 2.24) is 19.7 Å². The number of pyridine rings is 1. The summed E-state index contributed by atoms with van der Waals surface area (Å²) < 4.78 is 0. The van der Waals surface area contributed by atoms with Crippen LogP contribution in [0.15, 0.2) is 24.4 Å². The van der Waals surface area contributed by atoms with E-state index in [9.17, 15) is 9.59 Å². The van der Waals surface area contributed by atoms with Crippen molar-refractivity contribution in [2.75, 3.05) is 33.2 Å². The summed E-state index contributed by atoms with van der Waals surface area (Å²) in [5.74, 6) is 1.01. The zero-order valence-corrected chi connectivity index (χ0v) is 16.9. The van der Waals surface area contributed by atoms with Gasteiger partial charge in [-0.1, -0.05) is 6.07 Å². The minimum absolute atomic E-state index is 0.0774. The lowest BCUT2D eigenvalue weighted by Crippen LogP contribution is -2.51. The molecule has 3 fully saturated rings. The largest absolute Gasteiger partial charge is 0.342 e. The van der Waals surface area contributed by atoms with Crippen LogP contribution in [0, 0.1) is 11.8 Å². The second-order valence-electron chi connectivity index (χ2n) is 8.68. The summed E-state index contributed by atoms with van der Waals surface area (Å²) in [6, 6.07) is 6.34. The lowest BCUT2D eigenvalue weighted by Gasteiger charge is -2.42. The summed E-state index contributed by atoms with van der Waals surface area (Å²) in [6.45, 7) is 4.27. The van der Waals surface area contributed by atoms with Gasteiger partial charge in [0.1, 0.15) is 0 Å². The van der Waals surface area contributed by atoms with Crippen molar-refractivity contribution in [1.29, 1.82) is 0 Å². The molecule has 0 unspecified atom stereocenters. The SMILES string of the molecule is CN(Cc1ccccn1)C(=O)[C@H]1CCCN(C2CCN(C(=O)C3CC3)CC2)C1. The van der Waals surface area contributed by atoms with Gasteiger partial charge in [-0.3, -0.25) is 19.5 Å². The molecule has 1 aliphatic carbocycles. The summed E-state index contributed by atoms with van der Waals surface area (Å²) in [5.41, 5.74) is 0.929. The number of amides is 2. The molecule has 28 heavy (non-hydrogen) atoms. The predicted molar refractivity (Wildman–Crippen MR) is 107 cm³/mol. The third-order valence-electron chi connectivity index (χ3n) is 6.52. The molecule has 1 saturated carbocycles. The first-order chi connectivity index (χ1) is 13.6. The van der Waals surface area contributed by atoms with Crippen LogP contribution in [-0.2, 0) is 16.1 Å². The third kappa shape index (κ3) is 4.54. The van der Waals surface area contributed by atoms with Crippen molar-refractivity contribution in [3.05, 3.63) is 30.1 Å². The molecule has 0 N–H and O–H groups in total. The average molecular weight is 385 g/mol. The number of likely N-dealkylation sites (tertiary alicyclic amines) is 2. The predicted octanol–water partition coefficient (Wildman–Crippen LogP) is 2.15. The lowest BCUT2D eigenvalue weighted by atomic mass is 9.92. The van der Waals surface area contributed by atoms with E-state index in [2.05, 4.69) is 14.8 Å². The van der Waals surface area contributed by atoms with E-state index in [1.165, 1.54) is 0 Å². The van der Waals surface area contributed by atoms with Gasteiger partial charge in [-0.2, -0.15) is 0 Å². The average Bonchev–Trinajstić information content (AvgIpc) is 3.59. The minimum atomic E-state index is 0.0774. The fraction of sp³-hybridized carbons (Fsp3) is 0.682. The first-order valence-corrected chi connectivity index (χ1v) is 10.8. The van der Waals surface area contributed by atoms with Gasteiger partial charge < -0.3 is 9.80 Å². The molecule has 0 radical (unpaired) electrons. The van der Waals surface area contributed by atoms with E-state index >= 15 is 0 Å². The first kappa shape index (κ1) is 19.4. The summed E-state index contributed by atoms with van der Waals surface area (Å²) in [5, 5.41) is 0. The molecule has 1 aromatic heterocycles. The number of carbonyl (C=O) groups is 2. The standard InChI is InChI=1S/C22H32N4O2/c1-24(16-19-6-2-3-11-23-19)21(27)18-5-4-12-26(15-18)20-9-13-25(14-10-20)22(28)17-7-8-17/h2-3,6,11,17-18,20H,4-5,7-10,12-16H2,1H3/t18-/m0/s1. The molecular weight excluding hydrogens is 352 g/mol. The highest BCUT2D eigenvalue weighted by molar-refractivity contribution is 5.81. The van der Waals surface area contributed by atoms with Crippen LogP contribution >= 0.6 is 0 Å². The van der Waals surface area contributed by atoms with E-state index in [0.29, 0.717) is 24.4 Å². The van der Waals surface area contributed by atoms with Gasteiger partial charge >= 0.3 is 0 Å². The quantitative estimate of drug-likeness (QED) is 0.781. The van der Waals surface area contributed by atoms with Gasteiger partial charge in [0.05, 0.1) is 18.2 Å². The highest BCUT2D eigenvalue weighted by Gasteiger charge is 2.37. The van der Waals surface area contributed by atoms with Gasteiger partial charge in [0.25, 0.3) is 0 Å². The molecule has 1 atom stereocenters. The van der Waals surface area contributed by atoms with Gasteiger partial charge in [0.2, 0.25) is 11.8 Å². The van der Waals surface area contributed by atoms with Crippen molar-refractivity contribution in [3.63, 3.8) is 0 Å². The van der Waals surface area contributed by atoms with Gasteiger partial charge in [0.15, 0.2) is 0 Å². The second-order valence-corrected chi connectivity index (χ2v) is 8.68. The monoisotopic (exact) mass is 384 g/mol. The molecule has 3 aliphatic rings. The molecule has 3 heterocycles. The lowest BCUT2D eigenvalue weighted by molar-refractivity contribution is -0.137. The molecule has 0 bridgehead atoms. The molecule has 1 aromatic rings. The zero-order valence-electron chi connectivity index (χ0n) is 16.9. The molecule has 152 valence electrons. The maximum absolute atomic E-state index is 13.0. The fourth-order valence-corrected chi connectivity index (χ4v) is 4.70. The number of rotatable bonds is 5.